The third kappa shape index (κ3) is 3.50. The quantitative estimate of drug-likeness (QED) is 0.814. The largest absolute Gasteiger partial charge is 0.390 e. The molecule has 160 valence electrons. The number of fused-ring (bicyclic) bond motifs is 1. The maximum absolute atomic E-state index is 13.8. The van der Waals surface area contributed by atoms with Gasteiger partial charge in [-0.25, -0.2) is 0 Å². The first-order chi connectivity index (χ1) is 14.3. The minimum atomic E-state index is -0.842. The first kappa shape index (κ1) is 20.9. The zero-order chi connectivity index (χ0) is 21.5. The molecule has 4 rings (SSSR count). The Balaban J connectivity index is 1.75. The first-order valence-electron chi connectivity index (χ1n) is 10.8. The Hall–Kier alpha value is -2.37. The summed E-state index contributed by atoms with van der Waals surface area (Å²) in [5.41, 5.74) is 2.23. The van der Waals surface area contributed by atoms with Gasteiger partial charge in [0.25, 0.3) is 5.91 Å². The molecule has 1 aliphatic heterocycles. The van der Waals surface area contributed by atoms with E-state index >= 15 is 0 Å². The van der Waals surface area contributed by atoms with Gasteiger partial charge >= 0.3 is 0 Å². The van der Waals surface area contributed by atoms with E-state index in [-0.39, 0.29) is 18.0 Å². The third-order valence-electron chi connectivity index (χ3n) is 7.13. The predicted molar refractivity (Wildman–Crippen MR) is 118 cm³/mol. The van der Waals surface area contributed by atoms with Crippen LogP contribution in [0.4, 0.5) is 5.69 Å². The number of amides is 1. The van der Waals surface area contributed by atoms with Gasteiger partial charge in [-0.3, -0.25) is 4.79 Å². The van der Waals surface area contributed by atoms with Crippen molar-refractivity contribution in [1.29, 1.82) is 0 Å². The summed E-state index contributed by atoms with van der Waals surface area (Å²) in [5.74, 6) is -0.00789. The highest BCUT2D eigenvalue weighted by Gasteiger charge is 2.57. The summed E-state index contributed by atoms with van der Waals surface area (Å²) in [6.07, 6.45) is 1.21. The van der Waals surface area contributed by atoms with E-state index in [1.165, 1.54) is 0 Å². The van der Waals surface area contributed by atoms with Gasteiger partial charge in [-0.2, -0.15) is 0 Å². The molecule has 2 aromatic carbocycles. The molecule has 1 saturated heterocycles. The van der Waals surface area contributed by atoms with Crippen molar-refractivity contribution in [2.75, 3.05) is 19.0 Å². The zero-order valence-electron chi connectivity index (χ0n) is 18.0. The van der Waals surface area contributed by atoms with E-state index in [4.69, 9.17) is 0 Å². The van der Waals surface area contributed by atoms with Gasteiger partial charge in [-0.05, 0) is 55.5 Å². The van der Waals surface area contributed by atoms with Gasteiger partial charge < -0.3 is 20.0 Å². The molecule has 2 fully saturated rings. The highest BCUT2D eigenvalue weighted by atomic mass is 16.3. The van der Waals surface area contributed by atoms with Crippen molar-refractivity contribution in [3.05, 3.63) is 65.7 Å². The predicted octanol–water partition coefficient (Wildman–Crippen LogP) is 3.62. The van der Waals surface area contributed by atoms with Crippen LogP contribution in [0, 0.1) is 5.41 Å². The lowest BCUT2D eigenvalue weighted by Crippen LogP contribution is -2.49. The Morgan fingerprint density at radius 2 is 1.70 bits per heavy atom. The molecule has 2 aliphatic rings. The highest BCUT2D eigenvalue weighted by Crippen LogP contribution is 2.53. The van der Waals surface area contributed by atoms with Crippen molar-refractivity contribution in [2.45, 2.75) is 56.9 Å². The van der Waals surface area contributed by atoms with E-state index in [0.29, 0.717) is 18.4 Å². The van der Waals surface area contributed by atoms with Gasteiger partial charge in [0, 0.05) is 36.8 Å². The van der Waals surface area contributed by atoms with Gasteiger partial charge in [0.15, 0.2) is 0 Å². The number of aliphatic hydroxyl groups is 2. The smallest absolute Gasteiger partial charge is 0.254 e. The Bertz CT molecular complexity index is 883. The Kier molecular flexibility index (Phi) is 5.60. The second kappa shape index (κ2) is 8.05. The lowest BCUT2D eigenvalue weighted by molar-refractivity contribution is -0.0612. The number of likely N-dealkylation sites (tertiary alicyclic amines) is 1. The van der Waals surface area contributed by atoms with E-state index in [1.54, 1.807) is 0 Å². The number of hydrogen-bond donors (Lipinski definition) is 2. The number of nitrogens with zero attached hydrogens (tertiary/aromatic N) is 2. The SMILES string of the molecule is CN(C)c1ccc(C(=O)N2[C@@H](c3ccccc3)C[C@@]3(C)[C@@H](O)[C@H](O)CCC[C@@H]23)cc1. The minimum Gasteiger partial charge on any atom is -0.390 e. The van der Waals surface area contributed by atoms with Crippen LogP contribution in [0.25, 0.3) is 0 Å². The van der Waals surface area contributed by atoms with Crippen molar-refractivity contribution in [3.8, 4) is 0 Å². The van der Waals surface area contributed by atoms with Crippen LogP contribution < -0.4 is 4.90 Å². The van der Waals surface area contributed by atoms with Gasteiger partial charge in [0.1, 0.15) is 0 Å². The molecule has 1 amide bonds. The average molecular weight is 409 g/mol. The molecule has 0 radical (unpaired) electrons. The van der Waals surface area contributed by atoms with Crippen LogP contribution in [0.1, 0.15) is 54.6 Å². The van der Waals surface area contributed by atoms with E-state index in [0.717, 1.165) is 24.1 Å². The van der Waals surface area contributed by atoms with Crippen molar-refractivity contribution in [3.63, 3.8) is 0 Å². The number of rotatable bonds is 3. The fraction of sp³-hybridized carbons (Fsp3) is 0.480. The van der Waals surface area contributed by atoms with Gasteiger partial charge in [0.05, 0.1) is 18.2 Å². The molecule has 0 aromatic heterocycles. The van der Waals surface area contributed by atoms with Crippen LogP contribution in [0.3, 0.4) is 0 Å². The molecule has 1 aliphatic carbocycles. The van der Waals surface area contributed by atoms with Gasteiger partial charge in [-0.1, -0.05) is 37.3 Å². The normalized spacial score (nSPS) is 31.2. The van der Waals surface area contributed by atoms with Crippen LogP contribution >= 0.6 is 0 Å². The molecule has 0 spiro atoms. The average Bonchev–Trinajstić information content (AvgIpc) is 3.01. The van der Waals surface area contributed by atoms with Crippen LogP contribution in [-0.4, -0.2) is 53.4 Å². The minimum absolute atomic E-state index is 0.00789. The highest BCUT2D eigenvalue weighted by molar-refractivity contribution is 5.95. The number of carbonyl (C=O) groups is 1. The summed E-state index contributed by atoms with van der Waals surface area (Å²) in [6.45, 7) is 2.04. The number of anilines is 1. The van der Waals surface area contributed by atoms with Crippen LogP contribution in [0.2, 0.25) is 0 Å². The summed E-state index contributed by atoms with van der Waals surface area (Å²) in [6, 6.07) is 17.5. The zero-order valence-corrected chi connectivity index (χ0v) is 18.0. The summed E-state index contributed by atoms with van der Waals surface area (Å²) >= 11 is 0. The lowest BCUT2D eigenvalue weighted by Gasteiger charge is -2.38. The second-order valence-electron chi connectivity index (χ2n) is 9.25. The van der Waals surface area contributed by atoms with Crippen LogP contribution in [0.15, 0.2) is 54.6 Å². The molecule has 5 atom stereocenters. The van der Waals surface area contributed by atoms with Crippen molar-refractivity contribution < 1.29 is 15.0 Å². The van der Waals surface area contributed by atoms with Crippen molar-refractivity contribution in [2.24, 2.45) is 5.41 Å². The maximum atomic E-state index is 13.8. The molecule has 0 bridgehead atoms. The molecule has 2 N–H and O–H groups in total. The fourth-order valence-corrected chi connectivity index (χ4v) is 5.38. The number of hydrogen-bond acceptors (Lipinski definition) is 4. The summed E-state index contributed by atoms with van der Waals surface area (Å²) in [4.78, 5) is 17.8. The third-order valence-corrected chi connectivity index (χ3v) is 7.13. The maximum Gasteiger partial charge on any atom is 0.254 e. The molecule has 1 heterocycles. The van der Waals surface area contributed by atoms with Gasteiger partial charge in [-0.15, -0.1) is 0 Å². The summed E-state index contributed by atoms with van der Waals surface area (Å²) in [5, 5.41) is 21.5. The molecule has 1 saturated carbocycles. The van der Waals surface area contributed by atoms with E-state index < -0.39 is 17.6 Å². The van der Waals surface area contributed by atoms with E-state index in [1.807, 2.05) is 73.3 Å². The summed E-state index contributed by atoms with van der Waals surface area (Å²) in [7, 11) is 3.96. The molecule has 5 nitrogen and oxygen atoms in total. The molecule has 5 heteroatoms. The molecule has 30 heavy (non-hydrogen) atoms. The number of benzene rings is 2. The Morgan fingerprint density at radius 3 is 2.33 bits per heavy atom. The number of aliphatic hydroxyl groups excluding tert-OH is 2. The monoisotopic (exact) mass is 408 g/mol. The van der Waals surface area contributed by atoms with Crippen LogP contribution in [0.5, 0.6) is 0 Å². The van der Waals surface area contributed by atoms with E-state index in [2.05, 4.69) is 12.1 Å². The fourth-order valence-electron chi connectivity index (χ4n) is 5.38. The molecule has 2 aromatic rings. The summed E-state index contributed by atoms with van der Waals surface area (Å²) < 4.78 is 0. The Labute approximate surface area is 178 Å². The Morgan fingerprint density at radius 1 is 1.03 bits per heavy atom. The number of carbonyl (C=O) groups excluding carboxylic acids is 1. The second-order valence-corrected chi connectivity index (χ2v) is 9.25. The lowest BCUT2D eigenvalue weighted by atomic mass is 9.74. The van der Waals surface area contributed by atoms with Gasteiger partial charge in [0.2, 0.25) is 0 Å². The van der Waals surface area contributed by atoms with Crippen LogP contribution in [-0.2, 0) is 0 Å². The standard InChI is InChI=1S/C25H32N2O3/c1-25-16-20(17-8-5-4-6-9-17)27(22(25)11-7-10-21(28)23(25)29)24(30)18-12-14-19(15-13-18)26(2)3/h4-6,8-9,12-15,20-23,28-29H,7,10-11,16H2,1-3H3/t20-,21-,22-,23+,25-/m1/s1. The molecular weight excluding hydrogens is 376 g/mol. The molecule has 0 unspecified atom stereocenters. The van der Waals surface area contributed by atoms with Crippen molar-refractivity contribution >= 4 is 11.6 Å². The molecular formula is C25H32N2O3. The topological polar surface area (TPSA) is 64.0 Å². The first-order valence-corrected chi connectivity index (χ1v) is 10.8. The van der Waals surface area contributed by atoms with Crippen molar-refractivity contribution in [1.82, 2.24) is 4.90 Å². The van der Waals surface area contributed by atoms with E-state index in [9.17, 15) is 15.0 Å².